The Morgan fingerprint density at radius 3 is 3.05 bits per heavy atom. The fourth-order valence-corrected chi connectivity index (χ4v) is 2.78. The Hall–Kier alpha value is -1.66. The van der Waals surface area contributed by atoms with Crippen molar-refractivity contribution in [3.05, 3.63) is 34.7 Å². The Balaban J connectivity index is 1.98. The minimum Gasteiger partial charge on any atom is -0.370 e. The van der Waals surface area contributed by atoms with Gasteiger partial charge < -0.3 is 5.32 Å². The first kappa shape index (κ1) is 12.4. The summed E-state index contributed by atoms with van der Waals surface area (Å²) in [6.45, 7) is 3.39. The Kier molecular flexibility index (Phi) is 3.35. The number of rotatable bonds is 4. The lowest BCUT2D eigenvalue weighted by Crippen LogP contribution is -2.08. The van der Waals surface area contributed by atoms with E-state index in [1.807, 2.05) is 18.4 Å². The van der Waals surface area contributed by atoms with Crippen LogP contribution >= 0.6 is 22.9 Å². The molecule has 3 aromatic rings. The summed E-state index contributed by atoms with van der Waals surface area (Å²) in [6, 6.07) is 2.03. The molecule has 0 bridgehead atoms. The molecule has 0 spiro atoms. The zero-order chi connectivity index (χ0) is 13.2. The van der Waals surface area contributed by atoms with Crippen molar-refractivity contribution in [2.45, 2.75) is 13.5 Å². The van der Waals surface area contributed by atoms with Crippen molar-refractivity contribution in [2.75, 3.05) is 11.9 Å². The molecular formula is C12H12ClN5S. The highest BCUT2D eigenvalue weighted by molar-refractivity contribution is 7.16. The van der Waals surface area contributed by atoms with E-state index >= 15 is 0 Å². The molecule has 98 valence electrons. The van der Waals surface area contributed by atoms with Gasteiger partial charge in [-0.1, -0.05) is 11.6 Å². The summed E-state index contributed by atoms with van der Waals surface area (Å²) in [6.07, 6.45) is 3.37. The highest BCUT2D eigenvalue weighted by atomic mass is 35.5. The molecule has 0 atom stereocenters. The van der Waals surface area contributed by atoms with Crippen molar-refractivity contribution < 1.29 is 0 Å². The lowest BCUT2D eigenvalue weighted by atomic mass is 10.3. The van der Waals surface area contributed by atoms with Crippen molar-refractivity contribution in [2.24, 2.45) is 0 Å². The van der Waals surface area contributed by atoms with Gasteiger partial charge >= 0.3 is 0 Å². The Bertz CT molecular complexity index is 705. The van der Waals surface area contributed by atoms with Crippen molar-refractivity contribution in [1.82, 2.24) is 19.7 Å². The first-order valence-corrected chi connectivity index (χ1v) is 7.18. The van der Waals surface area contributed by atoms with Gasteiger partial charge in [-0.3, -0.25) is 4.68 Å². The average Bonchev–Trinajstić information content (AvgIpc) is 2.99. The Labute approximate surface area is 119 Å². The van der Waals surface area contributed by atoms with Gasteiger partial charge in [-0.25, -0.2) is 9.97 Å². The first-order valence-electron chi connectivity index (χ1n) is 5.92. The zero-order valence-corrected chi connectivity index (χ0v) is 11.9. The van der Waals surface area contributed by atoms with Crippen LogP contribution in [0.5, 0.6) is 0 Å². The van der Waals surface area contributed by atoms with E-state index < -0.39 is 0 Å². The summed E-state index contributed by atoms with van der Waals surface area (Å²) in [5.74, 6) is 1.60. The van der Waals surface area contributed by atoms with Gasteiger partial charge in [-0.15, -0.1) is 11.3 Å². The predicted octanol–water partition coefficient (Wildman–Crippen LogP) is 3.02. The maximum atomic E-state index is 5.85. The topological polar surface area (TPSA) is 55.6 Å². The molecule has 7 heteroatoms. The number of aromatic nitrogens is 4. The molecule has 3 rings (SSSR count). The largest absolute Gasteiger partial charge is 0.370 e. The van der Waals surface area contributed by atoms with Crippen LogP contribution < -0.4 is 5.32 Å². The number of hydrogen-bond acceptors (Lipinski definition) is 5. The van der Waals surface area contributed by atoms with E-state index in [0.29, 0.717) is 11.6 Å². The fraction of sp³-hybridized carbons (Fsp3) is 0.250. The van der Waals surface area contributed by atoms with Crippen molar-refractivity contribution in [3.8, 4) is 0 Å². The quantitative estimate of drug-likeness (QED) is 0.803. The van der Waals surface area contributed by atoms with Gasteiger partial charge in [0.1, 0.15) is 17.2 Å². The molecule has 0 unspecified atom stereocenters. The van der Waals surface area contributed by atoms with Gasteiger partial charge in [0.05, 0.1) is 16.6 Å². The summed E-state index contributed by atoms with van der Waals surface area (Å²) >= 11 is 7.46. The molecule has 0 radical (unpaired) electrons. The molecule has 0 aromatic carbocycles. The maximum absolute atomic E-state index is 5.85. The second-order valence-electron chi connectivity index (χ2n) is 4.01. The molecule has 0 fully saturated rings. The normalized spacial score (nSPS) is 11.1. The van der Waals surface area contributed by atoms with E-state index in [4.69, 9.17) is 11.6 Å². The SMILES string of the molecule is CCNc1nc(Cn2cc(Cl)cn2)nc2sccc12. The molecule has 0 aliphatic heterocycles. The van der Waals surface area contributed by atoms with Crippen LogP contribution in [0.3, 0.4) is 0 Å². The molecule has 0 saturated heterocycles. The zero-order valence-electron chi connectivity index (χ0n) is 10.3. The van der Waals surface area contributed by atoms with E-state index in [9.17, 15) is 0 Å². The van der Waals surface area contributed by atoms with Gasteiger partial charge in [-0.05, 0) is 18.4 Å². The van der Waals surface area contributed by atoms with Crippen molar-refractivity contribution >= 4 is 39.0 Å². The Morgan fingerprint density at radius 2 is 2.32 bits per heavy atom. The van der Waals surface area contributed by atoms with Crippen molar-refractivity contribution in [1.29, 1.82) is 0 Å². The second-order valence-corrected chi connectivity index (χ2v) is 5.35. The highest BCUT2D eigenvalue weighted by Crippen LogP contribution is 2.25. The van der Waals surface area contributed by atoms with E-state index in [0.717, 1.165) is 28.4 Å². The number of thiophene rings is 1. The van der Waals surface area contributed by atoms with Gasteiger partial charge in [0.15, 0.2) is 5.82 Å². The van der Waals surface area contributed by atoms with Crippen LogP contribution in [0.25, 0.3) is 10.2 Å². The van der Waals surface area contributed by atoms with Gasteiger partial charge in [0.25, 0.3) is 0 Å². The first-order chi connectivity index (χ1) is 9.26. The van der Waals surface area contributed by atoms with Crippen LogP contribution in [0.1, 0.15) is 12.7 Å². The monoisotopic (exact) mass is 293 g/mol. The molecule has 5 nitrogen and oxygen atoms in total. The smallest absolute Gasteiger partial charge is 0.153 e. The Morgan fingerprint density at radius 1 is 1.42 bits per heavy atom. The molecule has 0 aliphatic carbocycles. The number of anilines is 1. The predicted molar refractivity (Wildman–Crippen MR) is 77.9 cm³/mol. The van der Waals surface area contributed by atoms with Crippen LogP contribution in [-0.2, 0) is 6.54 Å². The second kappa shape index (κ2) is 5.14. The highest BCUT2D eigenvalue weighted by Gasteiger charge is 2.09. The lowest BCUT2D eigenvalue weighted by Gasteiger charge is -2.07. The molecule has 3 heterocycles. The van der Waals surface area contributed by atoms with E-state index in [1.165, 1.54) is 0 Å². The van der Waals surface area contributed by atoms with E-state index in [1.54, 1.807) is 28.4 Å². The molecule has 0 saturated carbocycles. The number of nitrogens with one attached hydrogen (secondary N) is 1. The molecular weight excluding hydrogens is 282 g/mol. The number of fused-ring (bicyclic) bond motifs is 1. The van der Waals surface area contributed by atoms with E-state index in [-0.39, 0.29) is 0 Å². The minimum atomic E-state index is 0.513. The molecule has 3 aromatic heterocycles. The lowest BCUT2D eigenvalue weighted by molar-refractivity contribution is 0.659. The molecule has 19 heavy (non-hydrogen) atoms. The minimum absolute atomic E-state index is 0.513. The van der Waals surface area contributed by atoms with Gasteiger partial charge in [0.2, 0.25) is 0 Å². The maximum Gasteiger partial charge on any atom is 0.153 e. The number of halogens is 1. The molecule has 0 aliphatic rings. The number of nitrogens with zero attached hydrogens (tertiary/aromatic N) is 4. The standard InChI is InChI=1S/C12H12ClN5S/c1-2-14-11-9-3-4-19-12(9)17-10(16-11)7-18-6-8(13)5-15-18/h3-6H,2,7H2,1H3,(H,14,16,17). The summed E-state index contributed by atoms with van der Waals surface area (Å²) in [5, 5.41) is 11.1. The van der Waals surface area contributed by atoms with Crippen LogP contribution in [-0.4, -0.2) is 26.3 Å². The van der Waals surface area contributed by atoms with Crippen LogP contribution in [0.15, 0.2) is 23.8 Å². The summed E-state index contributed by atoms with van der Waals surface area (Å²) in [7, 11) is 0. The third kappa shape index (κ3) is 2.54. The summed E-state index contributed by atoms with van der Waals surface area (Å²) in [5.41, 5.74) is 0. The average molecular weight is 294 g/mol. The molecule has 0 amide bonds. The van der Waals surface area contributed by atoms with Crippen LogP contribution in [0.4, 0.5) is 5.82 Å². The third-order valence-electron chi connectivity index (χ3n) is 2.62. The van der Waals surface area contributed by atoms with Crippen LogP contribution in [0, 0.1) is 0 Å². The van der Waals surface area contributed by atoms with Gasteiger partial charge in [-0.2, -0.15) is 5.10 Å². The van der Waals surface area contributed by atoms with Crippen LogP contribution in [0.2, 0.25) is 5.02 Å². The van der Waals surface area contributed by atoms with Crippen molar-refractivity contribution in [3.63, 3.8) is 0 Å². The summed E-state index contributed by atoms with van der Waals surface area (Å²) in [4.78, 5) is 10.1. The van der Waals surface area contributed by atoms with Gasteiger partial charge in [0, 0.05) is 12.7 Å². The fourth-order valence-electron chi connectivity index (χ4n) is 1.84. The molecule has 1 N–H and O–H groups in total. The summed E-state index contributed by atoms with van der Waals surface area (Å²) < 4.78 is 1.73. The number of hydrogen-bond donors (Lipinski definition) is 1. The third-order valence-corrected chi connectivity index (χ3v) is 3.62. The van der Waals surface area contributed by atoms with E-state index in [2.05, 4.69) is 20.4 Å².